The molecule has 0 bridgehead atoms. The summed E-state index contributed by atoms with van der Waals surface area (Å²) in [4.78, 5) is 6.20. The SMILES string of the molecule is COc1ccc2c(c1)-c1nc(C3(N)CCC3)sc1C2. The summed E-state index contributed by atoms with van der Waals surface area (Å²) in [6.07, 6.45) is 4.36. The van der Waals surface area contributed by atoms with E-state index in [-0.39, 0.29) is 5.54 Å². The molecule has 4 heteroatoms. The minimum absolute atomic E-state index is 0.145. The molecule has 3 nitrogen and oxygen atoms in total. The second kappa shape index (κ2) is 3.81. The molecule has 2 aliphatic rings. The molecule has 2 aromatic rings. The van der Waals surface area contributed by atoms with Crippen molar-refractivity contribution in [3.05, 3.63) is 33.6 Å². The van der Waals surface area contributed by atoms with E-state index >= 15 is 0 Å². The molecule has 2 aliphatic carbocycles. The third-order valence-electron chi connectivity index (χ3n) is 4.29. The Kier molecular flexibility index (Phi) is 2.29. The summed E-state index contributed by atoms with van der Waals surface area (Å²) in [5.41, 5.74) is 9.94. The fourth-order valence-corrected chi connectivity index (χ4v) is 4.15. The van der Waals surface area contributed by atoms with Gasteiger partial charge >= 0.3 is 0 Å². The second-order valence-electron chi connectivity index (χ2n) is 5.50. The Morgan fingerprint density at radius 2 is 2.21 bits per heavy atom. The smallest absolute Gasteiger partial charge is 0.119 e. The van der Waals surface area contributed by atoms with Crippen molar-refractivity contribution in [2.75, 3.05) is 7.11 Å². The van der Waals surface area contributed by atoms with Crippen LogP contribution in [0.25, 0.3) is 11.3 Å². The molecule has 0 spiro atoms. The molecule has 0 aliphatic heterocycles. The number of rotatable bonds is 2. The molecule has 1 aromatic heterocycles. The van der Waals surface area contributed by atoms with Crippen LogP contribution in [0.15, 0.2) is 18.2 Å². The van der Waals surface area contributed by atoms with Gasteiger partial charge in [-0.3, -0.25) is 0 Å². The number of nitrogens with zero attached hydrogens (tertiary/aromatic N) is 1. The Labute approximate surface area is 116 Å². The van der Waals surface area contributed by atoms with Gasteiger partial charge in [-0.15, -0.1) is 11.3 Å². The first-order valence-corrected chi connectivity index (χ1v) is 7.48. The van der Waals surface area contributed by atoms with Gasteiger partial charge in [-0.2, -0.15) is 0 Å². The summed E-state index contributed by atoms with van der Waals surface area (Å²) in [5, 5.41) is 1.12. The third-order valence-corrected chi connectivity index (χ3v) is 5.57. The van der Waals surface area contributed by atoms with E-state index in [0.29, 0.717) is 0 Å². The first-order chi connectivity index (χ1) is 9.19. The zero-order chi connectivity index (χ0) is 13.0. The van der Waals surface area contributed by atoms with Crippen LogP contribution in [0, 0.1) is 0 Å². The van der Waals surface area contributed by atoms with Crippen molar-refractivity contribution in [2.45, 2.75) is 31.2 Å². The zero-order valence-electron chi connectivity index (χ0n) is 10.9. The minimum atomic E-state index is -0.145. The van der Waals surface area contributed by atoms with Crippen LogP contribution in [0.3, 0.4) is 0 Å². The van der Waals surface area contributed by atoms with Crippen molar-refractivity contribution < 1.29 is 4.74 Å². The van der Waals surface area contributed by atoms with Crippen molar-refractivity contribution in [1.82, 2.24) is 4.98 Å². The minimum Gasteiger partial charge on any atom is -0.497 e. The predicted octanol–water partition coefficient (Wildman–Crippen LogP) is 3.06. The maximum Gasteiger partial charge on any atom is 0.119 e. The van der Waals surface area contributed by atoms with Gasteiger partial charge in [-0.05, 0) is 37.0 Å². The predicted molar refractivity (Wildman–Crippen MR) is 76.6 cm³/mol. The molecular formula is C15H16N2OS. The van der Waals surface area contributed by atoms with E-state index in [1.807, 2.05) is 6.07 Å². The van der Waals surface area contributed by atoms with Crippen molar-refractivity contribution in [3.8, 4) is 17.0 Å². The van der Waals surface area contributed by atoms with E-state index in [1.54, 1.807) is 18.4 Å². The molecular weight excluding hydrogens is 256 g/mol. The molecule has 1 aromatic carbocycles. The average Bonchev–Trinajstić information content (AvgIpc) is 2.92. The van der Waals surface area contributed by atoms with Gasteiger partial charge in [0.15, 0.2) is 0 Å². The Morgan fingerprint density at radius 3 is 2.89 bits per heavy atom. The number of hydrogen-bond acceptors (Lipinski definition) is 4. The molecule has 4 rings (SSSR count). The van der Waals surface area contributed by atoms with Crippen LogP contribution in [-0.2, 0) is 12.0 Å². The van der Waals surface area contributed by atoms with Gasteiger partial charge < -0.3 is 10.5 Å². The Hall–Kier alpha value is -1.39. The monoisotopic (exact) mass is 272 g/mol. The number of nitrogens with two attached hydrogens (primary N) is 1. The second-order valence-corrected chi connectivity index (χ2v) is 6.58. The first kappa shape index (κ1) is 11.4. The maximum absolute atomic E-state index is 6.38. The lowest BCUT2D eigenvalue weighted by molar-refractivity contribution is 0.253. The molecule has 1 heterocycles. The number of hydrogen-bond donors (Lipinski definition) is 1. The summed E-state index contributed by atoms with van der Waals surface area (Å²) in [7, 11) is 1.70. The van der Waals surface area contributed by atoms with Crippen molar-refractivity contribution >= 4 is 11.3 Å². The summed E-state index contributed by atoms with van der Waals surface area (Å²) < 4.78 is 5.31. The van der Waals surface area contributed by atoms with E-state index in [0.717, 1.165) is 35.7 Å². The summed E-state index contributed by atoms with van der Waals surface area (Å²) >= 11 is 1.80. The Morgan fingerprint density at radius 1 is 1.37 bits per heavy atom. The van der Waals surface area contributed by atoms with Gasteiger partial charge in [0.25, 0.3) is 0 Å². The third kappa shape index (κ3) is 1.56. The lowest BCUT2D eigenvalue weighted by Crippen LogP contribution is -2.43. The molecule has 98 valence electrons. The number of benzene rings is 1. The van der Waals surface area contributed by atoms with Crippen molar-refractivity contribution in [1.29, 1.82) is 0 Å². The van der Waals surface area contributed by atoms with E-state index in [2.05, 4.69) is 12.1 Å². The quantitative estimate of drug-likeness (QED) is 0.780. The molecule has 1 fully saturated rings. The van der Waals surface area contributed by atoms with Crippen LogP contribution in [-0.4, -0.2) is 12.1 Å². The molecule has 0 amide bonds. The maximum atomic E-state index is 6.38. The lowest BCUT2D eigenvalue weighted by Gasteiger charge is -2.35. The number of fused-ring (bicyclic) bond motifs is 3. The summed E-state index contributed by atoms with van der Waals surface area (Å²) in [5.74, 6) is 0.896. The standard InChI is InChI=1S/C15H16N2OS/c1-18-10-4-3-9-7-12-13(11(9)8-10)17-14(19-12)15(16)5-2-6-15/h3-4,8H,2,5-7,16H2,1H3. The van der Waals surface area contributed by atoms with Gasteiger partial charge in [0.05, 0.1) is 18.3 Å². The molecule has 0 radical (unpaired) electrons. The molecule has 19 heavy (non-hydrogen) atoms. The van der Waals surface area contributed by atoms with E-state index in [1.165, 1.54) is 22.4 Å². The Balaban J connectivity index is 1.80. The van der Waals surface area contributed by atoms with Crippen LogP contribution in [0.4, 0.5) is 0 Å². The highest BCUT2D eigenvalue weighted by Crippen LogP contribution is 2.46. The fourth-order valence-electron chi connectivity index (χ4n) is 2.90. The molecule has 0 saturated heterocycles. The number of methoxy groups -OCH3 is 1. The number of ether oxygens (including phenoxy) is 1. The van der Waals surface area contributed by atoms with Crippen molar-refractivity contribution in [3.63, 3.8) is 0 Å². The fraction of sp³-hybridized carbons (Fsp3) is 0.400. The van der Waals surface area contributed by atoms with Crippen LogP contribution in [0.2, 0.25) is 0 Å². The highest BCUT2D eigenvalue weighted by molar-refractivity contribution is 7.12. The average molecular weight is 272 g/mol. The van der Waals surface area contributed by atoms with Gasteiger partial charge in [-0.25, -0.2) is 4.98 Å². The summed E-state index contributed by atoms with van der Waals surface area (Å²) in [6.45, 7) is 0. The van der Waals surface area contributed by atoms with E-state index < -0.39 is 0 Å². The molecule has 0 unspecified atom stereocenters. The van der Waals surface area contributed by atoms with Gasteiger partial charge in [-0.1, -0.05) is 6.07 Å². The molecule has 1 saturated carbocycles. The normalized spacial score (nSPS) is 18.6. The van der Waals surface area contributed by atoms with E-state index in [9.17, 15) is 0 Å². The number of thiazole rings is 1. The highest BCUT2D eigenvalue weighted by atomic mass is 32.1. The van der Waals surface area contributed by atoms with Crippen LogP contribution in [0.1, 0.15) is 34.7 Å². The topological polar surface area (TPSA) is 48.1 Å². The van der Waals surface area contributed by atoms with Crippen LogP contribution in [0.5, 0.6) is 5.75 Å². The van der Waals surface area contributed by atoms with Gasteiger partial charge in [0.2, 0.25) is 0 Å². The lowest BCUT2D eigenvalue weighted by atomic mass is 9.78. The van der Waals surface area contributed by atoms with Crippen LogP contribution < -0.4 is 10.5 Å². The highest BCUT2D eigenvalue weighted by Gasteiger charge is 2.39. The van der Waals surface area contributed by atoms with Gasteiger partial charge in [0.1, 0.15) is 10.8 Å². The van der Waals surface area contributed by atoms with Crippen LogP contribution >= 0.6 is 11.3 Å². The summed E-state index contributed by atoms with van der Waals surface area (Å²) in [6, 6.07) is 6.26. The van der Waals surface area contributed by atoms with Crippen molar-refractivity contribution in [2.24, 2.45) is 5.73 Å². The Bertz CT molecular complexity index is 658. The molecule has 2 N–H and O–H groups in total. The molecule has 0 atom stereocenters. The zero-order valence-corrected chi connectivity index (χ0v) is 11.7. The van der Waals surface area contributed by atoms with E-state index in [4.69, 9.17) is 15.5 Å². The largest absolute Gasteiger partial charge is 0.497 e. The van der Waals surface area contributed by atoms with Gasteiger partial charge in [0, 0.05) is 16.9 Å². The first-order valence-electron chi connectivity index (χ1n) is 6.66. The number of aromatic nitrogens is 1.